The van der Waals surface area contributed by atoms with Crippen LogP contribution in [0.1, 0.15) is 12.0 Å². The second-order valence-electron chi connectivity index (χ2n) is 2.59. The lowest BCUT2D eigenvalue weighted by molar-refractivity contribution is -0.0319. The highest BCUT2D eigenvalue weighted by molar-refractivity contribution is 5.31. The molecule has 2 heterocycles. The van der Waals surface area contributed by atoms with E-state index in [0.717, 1.165) is 12.0 Å². The molecule has 1 N–H and O–H groups in total. The fraction of sp³-hybridized carbons (Fsp3) is 0.375. The zero-order valence-corrected chi connectivity index (χ0v) is 6.03. The van der Waals surface area contributed by atoms with E-state index in [1.54, 1.807) is 12.4 Å². The van der Waals surface area contributed by atoms with Crippen LogP contribution in [0.5, 0.6) is 5.75 Å². The minimum atomic E-state index is -0.647. The van der Waals surface area contributed by atoms with E-state index < -0.39 is 6.29 Å². The molecule has 1 aliphatic rings. The summed E-state index contributed by atoms with van der Waals surface area (Å²) in [5, 5.41) is 9.11. The van der Waals surface area contributed by atoms with Crippen LogP contribution in [0.2, 0.25) is 0 Å². The van der Waals surface area contributed by atoms with Gasteiger partial charge in [0.1, 0.15) is 5.75 Å². The molecule has 2 rings (SSSR count). The van der Waals surface area contributed by atoms with E-state index in [1.165, 1.54) is 0 Å². The van der Waals surface area contributed by atoms with Gasteiger partial charge in [-0.1, -0.05) is 0 Å². The second kappa shape index (κ2) is 2.51. The van der Waals surface area contributed by atoms with Gasteiger partial charge in [-0.15, -0.1) is 0 Å². The topological polar surface area (TPSA) is 42.4 Å². The van der Waals surface area contributed by atoms with Gasteiger partial charge in [0, 0.05) is 12.6 Å². The molecule has 0 spiro atoms. The molecule has 0 saturated carbocycles. The van der Waals surface area contributed by atoms with Gasteiger partial charge in [0.25, 0.3) is 0 Å². The normalized spacial score (nSPS) is 22.1. The number of hydrogen-bond acceptors (Lipinski definition) is 3. The number of pyridine rings is 1. The molecule has 11 heavy (non-hydrogen) atoms. The molecule has 0 aliphatic carbocycles. The summed E-state index contributed by atoms with van der Waals surface area (Å²) in [5.41, 5.74) is 1.13. The van der Waals surface area contributed by atoms with Crippen LogP contribution in [0.4, 0.5) is 0 Å². The van der Waals surface area contributed by atoms with Crippen LogP contribution in [-0.2, 0) is 6.42 Å². The summed E-state index contributed by atoms with van der Waals surface area (Å²) in [4.78, 5) is 3.90. The Labute approximate surface area is 64.6 Å². The van der Waals surface area contributed by atoms with Crippen molar-refractivity contribution in [3.63, 3.8) is 0 Å². The van der Waals surface area contributed by atoms with Gasteiger partial charge in [-0.25, -0.2) is 0 Å². The van der Waals surface area contributed by atoms with Crippen molar-refractivity contribution in [3.05, 3.63) is 24.0 Å². The highest BCUT2D eigenvalue weighted by atomic mass is 16.6. The number of aliphatic hydroxyl groups excluding tert-OH is 1. The third kappa shape index (κ3) is 1.19. The lowest BCUT2D eigenvalue weighted by Crippen LogP contribution is -2.21. The van der Waals surface area contributed by atoms with Gasteiger partial charge >= 0.3 is 0 Å². The van der Waals surface area contributed by atoms with E-state index in [0.29, 0.717) is 12.2 Å². The van der Waals surface area contributed by atoms with Gasteiger partial charge in [0.15, 0.2) is 6.29 Å². The molecule has 0 fully saturated rings. The van der Waals surface area contributed by atoms with E-state index >= 15 is 0 Å². The summed E-state index contributed by atoms with van der Waals surface area (Å²) in [7, 11) is 0. The average Bonchev–Trinajstić information content (AvgIpc) is 2.04. The summed E-state index contributed by atoms with van der Waals surface area (Å²) in [6.07, 6.45) is 4.28. The lowest BCUT2D eigenvalue weighted by Gasteiger charge is -2.20. The summed E-state index contributed by atoms with van der Waals surface area (Å²) < 4.78 is 5.12. The van der Waals surface area contributed by atoms with Crippen molar-refractivity contribution < 1.29 is 9.84 Å². The largest absolute Gasteiger partial charge is 0.463 e. The smallest absolute Gasteiger partial charge is 0.197 e. The summed E-state index contributed by atoms with van der Waals surface area (Å²) in [6.45, 7) is 0. The minimum absolute atomic E-state index is 0.647. The first-order valence-electron chi connectivity index (χ1n) is 3.64. The van der Waals surface area contributed by atoms with Crippen molar-refractivity contribution in [2.24, 2.45) is 0 Å². The molecule has 0 bridgehead atoms. The molecule has 1 aliphatic heterocycles. The van der Waals surface area contributed by atoms with Gasteiger partial charge < -0.3 is 9.84 Å². The Balaban J connectivity index is 2.34. The third-order valence-corrected chi connectivity index (χ3v) is 1.79. The maximum Gasteiger partial charge on any atom is 0.197 e. The number of aromatic nitrogens is 1. The van der Waals surface area contributed by atoms with Crippen molar-refractivity contribution in [3.8, 4) is 5.75 Å². The summed E-state index contributed by atoms with van der Waals surface area (Å²) in [5.74, 6) is 0.714. The molecule has 0 aromatic carbocycles. The molecule has 0 saturated heterocycles. The van der Waals surface area contributed by atoms with Crippen LogP contribution in [0.3, 0.4) is 0 Å². The van der Waals surface area contributed by atoms with Gasteiger partial charge in [-0.2, -0.15) is 0 Å². The molecule has 3 nitrogen and oxygen atoms in total. The zero-order valence-electron chi connectivity index (χ0n) is 6.03. The highest BCUT2D eigenvalue weighted by Gasteiger charge is 2.16. The van der Waals surface area contributed by atoms with Crippen LogP contribution in [0.15, 0.2) is 18.5 Å². The van der Waals surface area contributed by atoms with Crippen LogP contribution >= 0.6 is 0 Å². The number of hydrogen-bond donors (Lipinski definition) is 1. The monoisotopic (exact) mass is 151 g/mol. The highest BCUT2D eigenvalue weighted by Crippen LogP contribution is 2.24. The first-order chi connectivity index (χ1) is 5.36. The molecule has 3 heteroatoms. The Morgan fingerprint density at radius 3 is 3.45 bits per heavy atom. The molecule has 1 atom stereocenters. The lowest BCUT2D eigenvalue weighted by atomic mass is 10.1. The van der Waals surface area contributed by atoms with Crippen LogP contribution < -0.4 is 4.74 Å². The predicted octanol–water partition coefficient (Wildman–Crippen LogP) is 0.725. The van der Waals surface area contributed by atoms with Crippen molar-refractivity contribution in [1.29, 1.82) is 0 Å². The number of aliphatic hydroxyl groups is 1. The van der Waals surface area contributed by atoms with Gasteiger partial charge in [-0.05, 0) is 18.1 Å². The summed E-state index contributed by atoms with van der Waals surface area (Å²) in [6, 6.07) is 1.92. The van der Waals surface area contributed by atoms with Crippen LogP contribution in [0, 0.1) is 0 Å². The van der Waals surface area contributed by atoms with E-state index in [9.17, 15) is 0 Å². The first-order valence-corrected chi connectivity index (χ1v) is 3.64. The van der Waals surface area contributed by atoms with Crippen LogP contribution in [0.25, 0.3) is 0 Å². The Hall–Kier alpha value is -1.09. The van der Waals surface area contributed by atoms with Crippen molar-refractivity contribution >= 4 is 0 Å². The van der Waals surface area contributed by atoms with Crippen molar-refractivity contribution in [2.45, 2.75) is 19.1 Å². The predicted molar refractivity (Wildman–Crippen MR) is 39.2 cm³/mol. The molecule has 58 valence electrons. The molecule has 0 amide bonds. The Morgan fingerprint density at radius 1 is 1.64 bits per heavy atom. The number of aryl methyl sites for hydroxylation is 1. The Bertz CT molecular complexity index is 262. The molecule has 1 aromatic rings. The fourth-order valence-electron chi connectivity index (χ4n) is 1.21. The first kappa shape index (κ1) is 6.61. The van der Waals surface area contributed by atoms with Gasteiger partial charge in [0.2, 0.25) is 0 Å². The van der Waals surface area contributed by atoms with Crippen molar-refractivity contribution in [1.82, 2.24) is 4.98 Å². The SMILES string of the molecule is OC1CCc2ccncc2O1. The molecular weight excluding hydrogens is 142 g/mol. The third-order valence-electron chi connectivity index (χ3n) is 1.79. The fourth-order valence-corrected chi connectivity index (χ4v) is 1.21. The van der Waals surface area contributed by atoms with E-state index in [1.807, 2.05) is 6.07 Å². The van der Waals surface area contributed by atoms with E-state index in [-0.39, 0.29) is 0 Å². The molecule has 1 unspecified atom stereocenters. The minimum Gasteiger partial charge on any atom is -0.463 e. The Morgan fingerprint density at radius 2 is 2.55 bits per heavy atom. The van der Waals surface area contributed by atoms with Crippen LogP contribution in [-0.4, -0.2) is 16.4 Å². The Kier molecular flexibility index (Phi) is 1.51. The number of nitrogens with zero attached hydrogens (tertiary/aromatic N) is 1. The molecule has 0 radical (unpaired) electrons. The van der Waals surface area contributed by atoms with E-state index in [4.69, 9.17) is 9.84 Å². The maximum atomic E-state index is 9.11. The average molecular weight is 151 g/mol. The number of rotatable bonds is 0. The second-order valence-corrected chi connectivity index (χ2v) is 2.59. The zero-order chi connectivity index (χ0) is 7.68. The van der Waals surface area contributed by atoms with E-state index in [2.05, 4.69) is 4.98 Å². The molecular formula is C8H9NO2. The standard InChI is InChI=1S/C8H9NO2/c10-8-2-1-6-3-4-9-5-7(6)11-8/h3-5,8,10H,1-2H2. The van der Waals surface area contributed by atoms with Gasteiger partial charge in [-0.3, -0.25) is 4.98 Å². The van der Waals surface area contributed by atoms with Gasteiger partial charge in [0.05, 0.1) is 6.20 Å². The maximum absolute atomic E-state index is 9.11. The number of fused-ring (bicyclic) bond motifs is 1. The summed E-state index contributed by atoms with van der Waals surface area (Å²) >= 11 is 0. The van der Waals surface area contributed by atoms with Crippen molar-refractivity contribution in [2.75, 3.05) is 0 Å². The number of ether oxygens (including phenoxy) is 1. The molecule has 1 aromatic heterocycles. The quantitative estimate of drug-likeness (QED) is 0.594.